The molecule has 1 heterocycles. The average Bonchev–Trinajstić information content (AvgIpc) is 2.58. The standard InChI is InChI=1S/C11H14N2/c1-12-7-9-13-8-6-10-4-2-3-5-11(10)13/h2-6,8,12H,7,9H2,1H3/p+1. The van der Waals surface area contributed by atoms with Crippen molar-refractivity contribution < 1.29 is 5.32 Å². The van der Waals surface area contributed by atoms with Crippen molar-refractivity contribution in [3.05, 3.63) is 36.5 Å². The first-order valence-electron chi connectivity index (χ1n) is 4.73. The molecule has 1 aromatic carbocycles. The number of fused-ring (bicyclic) bond motifs is 1. The van der Waals surface area contributed by atoms with E-state index in [9.17, 15) is 0 Å². The van der Waals surface area contributed by atoms with Crippen molar-refractivity contribution in [3.8, 4) is 0 Å². The predicted octanol–water partition coefficient (Wildman–Crippen LogP) is 0.835. The van der Waals surface area contributed by atoms with E-state index in [1.807, 2.05) is 0 Å². The summed E-state index contributed by atoms with van der Waals surface area (Å²) in [6.07, 6.45) is 2.16. The van der Waals surface area contributed by atoms with Gasteiger partial charge >= 0.3 is 0 Å². The fraction of sp³-hybridized carbons (Fsp3) is 0.273. The minimum atomic E-state index is 1.09. The quantitative estimate of drug-likeness (QED) is 0.714. The number of benzene rings is 1. The first-order chi connectivity index (χ1) is 6.42. The molecule has 2 rings (SSSR count). The fourth-order valence-electron chi connectivity index (χ4n) is 1.60. The van der Waals surface area contributed by atoms with Crippen LogP contribution in [0.5, 0.6) is 0 Å². The van der Waals surface area contributed by atoms with Gasteiger partial charge in [0.25, 0.3) is 0 Å². The Hall–Kier alpha value is -1.28. The zero-order valence-electron chi connectivity index (χ0n) is 7.90. The van der Waals surface area contributed by atoms with E-state index in [1.54, 1.807) is 0 Å². The second-order valence-electron chi connectivity index (χ2n) is 3.26. The number of nitrogens with zero attached hydrogens (tertiary/aromatic N) is 1. The van der Waals surface area contributed by atoms with Gasteiger partial charge < -0.3 is 9.88 Å². The van der Waals surface area contributed by atoms with E-state index in [4.69, 9.17) is 0 Å². The molecule has 68 valence electrons. The molecule has 0 atom stereocenters. The predicted molar refractivity (Wildman–Crippen MR) is 54.7 cm³/mol. The second kappa shape index (κ2) is 3.62. The largest absolute Gasteiger partial charge is 0.347 e. The summed E-state index contributed by atoms with van der Waals surface area (Å²) in [7, 11) is 2.10. The van der Waals surface area contributed by atoms with Gasteiger partial charge in [0.2, 0.25) is 0 Å². The van der Waals surface area contributed by atoms with Crippen LogP contribution in [0.3, 0.4) is 0 Å². The average molecular weight is 175 g/mol. The summed E-state index contributed by atoms with van der Waals surface area (Å²) in [4.78, 5) is 0. The third-order valence-corrected chi connectivity index (χ3v) is 2.34. The first kappa shape index (κ1) is 8.32. The molecule has 0 unspecified atom stereocenters. The third kappa shape index (κ3) is 1.58. The van der Waals surface area contributed by atoms with Crippen molar-refractivity contribution >= 4 is 10.9 Å². The summed E-state index contributed by atoms with van der Waals surface area (Å²) in [6, 6.07) is 10.7. The van der Waals surface area contributed by atoms with E-state index < -0.39 is 0 Å². The highest BCUT2D eigenvalue weighted by molar-refractivity contribution is 5.79. The van der Waals surface area contributed by atoms with E-state index in [0.717, 1.165) is 13.1 Å². The summed E-state index contributed by atoms with van der Waals surface area (Å²) < 4.78 is 2.30. The number of quaternary nitrogens is 1. The highest BCUT2D eigenvalue weighted by atomic mass is 15.0. The van der Waals surface area contributed by atoms with Crippen molar-refractivity contribution in [2.45, 2.75) is 6.54 Å². The molecule has 0 aliphatic heterocycles. The molecule has 2 aromatic rings. The van der Waals surface area contributed by atoms with Gasteiger partial charge in [-0.15, -0.1) is 0 Å². The van der Waals surface area contributed by atoms with Gasteiger partial charge in [0, 0.05) is 11.7 Å². The zero-order chi connectivity index (χ0) is 9.10. The SMILES string of the molecule is C[NH2+]CCn1ccc2ccccc21. The van der Waals surface area contributed by atoms with Gasteiger partial charge in [0.05, 0.1) is 20.1 Å². The molecule has 0 aliphatic rings. The van der Waals surface area contributed by atoms with Gasteiger partial charge in [0.15, 0.2) is 0 Å². The Kier molecular flexibility index (Phi) is 2.32. The number of rotatable bonds is 3. The summed E-state index contributed by atoms with van der Waals surface area (Å²) in [5.74, 6) is 0. The van der Waals surface area contributed by atoms with Crippen LogP contribution in [-0.2, 0) is 6.54 Å². The third-order valence-electron chi connectivity index (χ3n) is 2.34. The Morgan fingerprint density at radius 2 is 2.08 bits per heavy atom. The molecule has 2 nitrogen and oxygen atoms in total. The summed E-state index contributed by atoms with van der Waals surface area (Å²) in [6.45, 7) is 2.22. The van der Waals surface area contributed by atoms with Crippen LogP contribution in [0.4, 0.5) is 0 Å². The number of para-hydroxylation sites is 1. The van der Waals surface area contributed by atoms with Crippen molar-refractivity contribution in [2.24, 2.45) is 0 Å². The van der Waals surface area contributed by atoms with Crippen LogP contribution in [0.2, 0.25) is 0 Å². The van der Waals surface area contributed by atoms with Crippen molar-refractivity contribution in [1.82, 2.24) is 4.57 Å². The molecule has 0 saturated carbocycles. The lowest BCUT2D eigenvalue weighted by atomic mass is 10.2. The Morgan fingerprint density at radius 1 is 1.23 bits per heavy atom. The van der Waals surface area contributed by atoms with Gasteiger partial charge in [-0.05, 0) is 17.5 Å². The number of likely N-dealkylation sites (N-methyl/N-ethyl adjacent to an activating group) is 1. The summed E-state index contributed by atoms with van der Waals surface area (Å²) >= 11 is 0. The molecule has 0 amide bonds. The van der Waals surface area contributed by atoms with Crippen LogP contribution in [0.15, 0.2) is 36.5 Å². The lowest BCUT2D eigenvalue weighted by molar-refractivity contribution is -0.627. The zero-order valence-corrected chi connectivity index (χ0v) is 7.90. The van der Waals surface area contributed by atoms with E-state index in [2.05, 4.69) is 53.5 Å². The van der Waals surface area contributed by atoms with Crippen LogP contribution in [0, 0.1) is 0 Å². The monoisotopic (exact) mass is 175 g/mol. The second-order valence-corrected chi connectivity index (χ2v) is 3.26. The Morgan fingerprint density at radius 3 is 2.92 bits per heavy atom. The first-order valence-corrected chi connectivity index (χ1v) is 4.73. The highest BCUT2D eigenvalue weighted by Gasteiger charge is 1.98. The van der Waals surface area contributed by atoms with Crippen molar-refractivity contribution in [1.29, 1.82) is 0 Å². The molecule has 1 aromatic heterocycles. The highest BCUT2D eigenvalue weighted by Crippen LogP contribution is 2.14. The lowest BCUT2D eigenvalue weighted by Crippen LogP contribution is -2.80. The molecular weight excluding hydrogens is 160 g/mol. The number of nitrogens with two attached hydrogens (primary N) is 1. The van der Waals surface area contributed by atoms with Gasteiger partial charge in [0.1, 0.15) is 0 Å². The Balaban J connectivity index is 2.35. The van der Waals surface area contributed by atoms with Gasteiger partial charge in [-0.2, -0.15) is 0 Å². The number of hydrogen-bond donors (Lipinski definition) is 1. The van der Waals surface area contributed by atoms with Crippen LogP contribution in [0.1, 0.15) is 0 Å². The van der Waals surface area contributed by atoms with Crippen molar-refractivity contribution in [3.63, 3.8) is 0 Å². The summed E-state index contributed by atoms with van der Waals surface area (Å²) in [5.41, 5.74) is 1.34. The molecule has 2 heteroatoms. The number of aromatic nitrogens is 1. The minimum Gasteiger partial charge on any atom is -0.347 e. The maximum absolute atomic E-state index is 2.30. The molecule has 0 saturated heterocycles. The molecule has 0 bridgehead atoms. The minimum absolute atomic E-state index is 1.09. The van der Waals surface area contributed by atoms with E-state index in [-0.39, 0.29) is 0 Å². The molecule has 0 radical (unpaired) electrons. The van der Waals surface area contributed by atoms with Gasteiger partial charge in [-0.1, -0.05) is 18.2 Å². The van der Waals surface area contributed by atoms with Gasteiger partial charge in [-0.3, -0.25) is 0 Å². The Bertz CT molecular complexity index is 390. The molecule has 0 aliphatic carbocycles. The maximum Gasteiger partial charge on any atom is 0.0935 e. The van der Waals surface area contributed by atoms with Crippen LogP contribution >= 0.6 is 0 Å². The van der Waals surface area contributed by atoms with E-state index in [1.165, 1.54) is 10.9 Å². The van der Waals surface area contributed by atoms with Crippen LogP contribution in [-0.4, -0.2) is 18.2 Å². The molecule has 13 heavy (non-hydrogen) atoms. The maximum atomic E-state index is 2.30. The molecule has 0 spiro atoms. The van der Waals surface area contributed by atoms with E-state index in [0.29, 0.717) is 0 Å². The topological polar surface area (TPSA) is 21.5 Å². The smallest absolute Gasteiger partial charge is 0.0935 e. The normalized spacial score (nSPS) is 10.8. The summed E-state index contributed by atoms with van der Waals surface area (Å²) in [5, 5.41) is 3.54. The number of hydrogen-bond acceptors (Lipinski definition) is 0. The van der Waals surface area contributed by atoms with Crippen molar-refractivity contribution in [2.75, 3.05) is 13.6 Å². The van der Waals surface area contributed by atoms with Gasteiger partial charge in [-0.25, -0.2) is 0 Å². The molecular formula is C11H15N2+. The van der Waals surface area contributed by atoms with Crippen LogP contribution in [0.25, 0.3) is 10.9 Å². The molecule has 0 fully saturated rings. The Labute approximate surface area is 78.2 Å². The molecule has 2 N–H and O–H groups in total. The van der Waals surface area contributed by atoms with E-state index >= 15 is 0 Å². The lowest BCUT2D eigenvalue weighted by Gasteiger charge is -2.02. The van der Waals surface area contributed by atoms with Crippen LogP contribution < -0.4 is 5.32 Å². The fourth-order valence-corrected chi connectivity index (χ4v) is 1.60.